The quantitative estimate of drug-likeness (QED) is 0.465. The van der Waals surface area contributed by atoms with Crippen LogP contribution in [0.15, 0.2) is 30.3 Å². The van der Waals surface area contributed by atoms with Gasteiger partial charge < -0.3 is 10.1 Å². The molecule has 0 amide bonds. The highest BCUT2D eigenvalue weighted by molar-refractivity contribution is 7.80. The molecule has 1 rings (SSSR count). The summed E-state index contributed by atoms with van der Waals surface area (Å²) >= 11 is 4.84. The molecule has 0 aromatic heterocycles. The largest absolute Gasteiger partial charge is 0.426 e. The molecule has 4 heteroatoms. The van der Waals surface area contributed by atoms with Crippen LogP contribution in [0.4, 0.5) is 0 Å². The maximum atomic E-state index is 11.2. The molecule has 1 N–H and O–H groups in total. The molecule has 0 aliphatic carbocycles. The second-order valence-electron chi connectivity index (χ2n) is 2.64. The number of esters is 1. The van der Waals surface area contributed by atoms with Gasteiger partial charge >= 0.3 is 5.97 Å². The smallest absolute Gasteiger partial charge is 0.318 e. The molecule has 0 atom stereocenters. The van der Waals surface area contributed by atoms with Gasteiger partial charge in [0.1, 0.15) is 5.75 Å². The van der Waals surface area contributed by atoms with Crippen LogP contribution in [0.3, 0.4) is 0 Å². The summed E-state index contributed by atoms with van der Waals surface area (Å²) in [4.78, 5) is 11.7. The molecule has 0 aliphatic heterocycles. The fraction of sp³-hybridized carbons (Fsp3) is 0.200. The lowest BCUT2D eigenvalue weighted by Gasteiger charge is -2.04. The maximum Gasteiger partial charge on any atom is 0.318 e. The first-order valence-electron chi connectivity index (χ1n) is 4.18. The average Bonchev–Trinajstić information content (AvgIpc) is 2.19. The van der Waals surface area contributed by atoms with Crippen LogP contribution >= 0.6 is 12.2 Å². The third-order valence-electron chi connectivity index (χ3n) is 1.56. The number of benzene rings is 1. The van der Waals surface area contributed by atoms with Crippen LogP contribution in [0.1, 0.15) is 6.42 Å². The molecule has 1 aromatic rings. The van der Waals surface area contributed by atoms with Crippen molar-refractivity contribution in [2.45, 2.75) is 6.42 Å². The van der Waals surface area contributed by atoms with Gasteiger partial charge in [0, 0.05) is 7.05 Å². The molecule has 0 aliphatic rings. The Morgan fingerprint density at radius 2 is 2.07 bits per heavy atom. The molecular formula is C10H11NO2S. The Hall–Kier alpha value is -1.42. The summed E-state index contributed by atoms with van der Waals surface area (Å²) in [7, 11) is 1.68. The molecule has 0 saturated heterocycles. The van der Waals surface area contributed by atoms with Gasteiger partial charge in [0.25, 0.3) is 0 Å². The van der Waals surface area contributed by atoms with Crippen molar-refractivity contribution in [2.24, 2.45) is 0 Å². The first-order chi connectivity index (χ1) is 6.72. The minimum atomic E-state index is -0.351. The average molecular weight is 209 g/mol. The summed E-state index contributed by atoms with van der Waals surface area (Å²) < 4.78 is 5.02. The van der Waals surface area contributed by atoms with Gasteiger partial charge in [-0.25, -0.2) is 0 Å². The Kier molecular flexibility index (Phi) is 4.07. The van der Waals surface area contributed by atoms with Crippen molar-refractivity contribution in [2.75, 3.05) is 7.05 Å². The number of hydrogen-bond acceptors (Lipinski definition) is 3. The fourth-order valence-corrected chi connectivity index (χ4v) is 0.993. The molecule has 0 bridgehead atoms. The summed E-state index contributed by atoms with van der Waals surface area (Å²) in [5.74, 6) is 0.187. The first-order valence-corrected chi connectivity index (χ1v) is 4.59. The minimum absolute atomic E-state index is 0.112. The van der Waals surface area contributed by atoms with Crippen molar-refractivity contribution in [1.29, 1.82) is 0 Å². The molecule has 0 unspecified atom stereocenters. The fourth-order valence-electron chi connectivity index (χ4n) is 0.876. The SMILES string of the molecule is CNC(=S)CC(=O)Oc1ccccc1. The number of para-hydroxylation sites is 1. The number of hydrogen-bond donors (Lipinski definition) is 1. The molecule has 0 saturated carbocycles. The Labute approximate surface area is 88.1 Å². The van der Waals surface area contributed by atoms with E-state index in [0.717, 1.165) is 0 Å². The van der Waals surface area contributed by atoms with Crippen LogP contribution in [0, 0.1) is 0 Å². The van der Waals surface area contributed by atoms with Gasteiger partial charge in [-0.05, 0) is 12.1 Å². The summed E-state index contributed by atoms with van der Waals surface area (Å²) in [5, 5.41) is 2.71. The molecule has 0 heterocycles. The predicted octanol–water partition coefficient (Wildman–Crippen LogP) is 1.53. The lowest BCUT2D eigenvalue weighted by Crippen LogP contribution is -2.22. The number of rotatable bonds is 3. The summed E-state index contributed by atoms with van der Waals surface area (Å²) in [6, 6.07) is 8.91. The second-order valence-corrected chi connectivity index (χ2v) is 3.13. The Bertz CT molecular complexity index is 324. The second kappa shape index (κ2) is 5.34. The zero-order valence-corrected chi connectivity index (χ0v) is 8.64. The lowest BCUT2D eigenvalue weighted by molar-refractivity contribution is -0.133. The highest BCUT2D eigenvalue weighted by Gasteiger charge is 2.06. The van der Waals surface area contributed by atoms with E-state index in [9.17, 15) is 4.79 Å². The molecule has 0 fully saturated rings. The van der Waals surface area contributed by atoms with E-state index < -0.39 is 0 Å². The number of thiocarbonyl (C=S) groups is 1. The van der Waals surface area contributed by atoms with E-state index in [2.05, 4.69) is 5.32 Å². The molecule has 14 heavy (non-hydrogen) atoms. The van der Waals surface area contributed by atoms with Gasteiger partial charge in [-0.3, -0.25) is 4.79 Å². The maximum absolute atomic E-state index is 11.2. The highest BCUT2D eigenvalue weighted by Crippen LogP contribution is 2.09. The van der Waals surface area contributed by atoms with Crippen molar-refractivity contribution < 1.29 is 9.53 Å². The van der Waals surface area contributed by atoms with Gasteiger partial charge in [-0.1, -0.05) is 30.4 Å². The Balaban J connectivity index is 2.46. The van der Waals surface area contributed by atoms with Crippen molar-refractivity contribution in [1.82, 2.24) is 5.32 Å². The third kappa shape index (κ3) is 3.53. The number of nitrogens with one attached hydrogen (secondary N) is 1. The summed E-state index contributed by atoms with van der Waals surface area (Å²) in [5.41, 5.74) is 0. The third-order valence-corrected chi connectivity index (χ3v) is 1.91. The van der Waals surface area contributed by atoms with Gasteiger partial charge in [0.2, 0.25) is 0 Å². The zero-order valence-electron chi connectivity index (χ0n) is 7.82. The predicted molar refractivity (Wildman–Crippen MR) is 58.4 cm³/mol. The van der Waals surface area contributed by atoms with E-state index in [1.807, 2.05) is 6.07 Å². The van der Waals surface area contributed by atoms with E-state index in [1.54, 1.807) is 31.3 Å². The lowest BCUT2D eigenvalue weighted by atomic mass is 10.3. The molecular weight excluding hydrogens is 198 g/mol. The Morgan fingerprint density at radius 1 is 1.43 bits per heavy atom. The number of ether oxygens (including phenoxy) is 1. The molecule has 3 nitrogen and oxygen atoms in total. The summed E-state index contributed by atoms with van der Waals surface area (Å²) in [6.45, 7) is 0. The van der Waals surface area contributed by atoms with E-state index in [0.29, 0.717) is 10.7 Å². The first kappa shape index (κ1) is 10.7. The van der Waals surface area contributed by atoms with Crippen molar-refractivity contribution in [3.8, 4) is 5.75 Å². The van der Waals surface area contributed by atoms with Crippen LogP contribution < -0.4 is 10.1 Å². The highest BCUT2D eigenvalue weighted by atomic mass is 32.1. The van der Waals surface area contributed by atoms with Crippen LogP contribution in [-0.2, 0) is 4.79 Å². The van der Waals surface area contributed by atoms with Crippen molar-refractivity contribution in [3.05, 3.63) is 30.3 Å². The molecule has 74 valence electrons. The van der Waals surface area contributed by atoms with E-state index in [-0.39, 0.29) is 12.4 Å². The van der Waals surface area contributed by atoms with E-state index in [1.165, 1.54) is 0 Å². The number of carbonyl (C=O) groups is 1. The van der Waals surface area contributed by atoms with Crippen molar-refractivity contribution in [3.63, 3.8) is 0 Å². The normalized spacial score (nSPS) is 9.21. The monoisotopic (exact) mass is 209 g/mol. The van der Waals surface area contributed by atoms with Crippen LogP contribution in [0.5, 0.6) is 5.75 Å². The van der Waals surface area contributed by atoms with Gasteiger partial charge in [-0.15, -0.1) is 0 Å². The topological polar surface area (TPSA) is 38.3 Å². The number of carbonyl (C=O) groups excluding carboxylic acids is 1. The summed E-state index contributed by atoms with van der Waals surface area (Å²) in [6.07, 6.45) is 0.112. The molecule has 0 radical (unpaired) electrons. The van der Waals surface area contributed by atoms with Crippen LogP contribution in [0.2, 0.25) is 0 Å². The van der Waals surface area contributed by atoms with Crippen LogP contribution in [0.25, 0.3) is 0 Å². The van der Waals surface area contributed by atoms with Gasteiger partial charge in [0.15, 0.2) is 0 Å². The molecule has 0 spiro atoms. The van der Waals surface area contributed by atoms with Gasteiger partial charge in [-0.2, -0.15) is 0 Å². The van der Waals surface area contributed by atoms with Crippen LogP contribution in [-0.4, -0.2) is 18.0 Å². The standard InChI is InChI=1S/C10H11NO2S/c1-11-9(14)7-10(12)13-8-5-3-2-4-6-8/h2-6H,7H2,1H3,(H,11,14). The van der Waals surface area contributed by atoms with E-state index in [4.69, 9.17) is 17.0 Å². The zero-order chi connectivity index (χ0) is 10.4. The van der Waals surface area contributed by atoms with Gasteiger partial charge in [0.05, 0.1) is 11.4 Å². The van der Waals surface area contributed by atoms with Crippen molar-refractivity contribution >= 4 is 23.2 Å². The van der Waals surface area contributed by atoms with E-state index >= 15 is 0 Å². The Morgan fingerprint density at radius 3 is 2.64 bits per heavy atom. The molecule has 1 aromatic carbocycles. The minimum Gasteiger partial charge on any atom is -0.426 e.